The smallest absolute Gasteiger partial charge is 0.0390 e. The predicted molar refractivity (Wildman–Crippen MR) is 72.2 cm³/mol. The summed E-state index contributed by atoms with van der Waals surface area (Å²) in [5.41, 5.74) is 1.79. The summed E-state index contributed by atoms with van der Waals surface area (Å²) in [4.78, 5) is 4.45. The van der Waals surface area contributed by atoms with Crippen LogP contribution in [0.1, 0.15) is 39.2 Å². The average molecular weight is 217 g/mol. The highest BCUT2D eigenvalue weighted by molar-refractivity contribution is 5.57. The van der Waals surface area contributed by atoms with Gasteiger partial charge in [-0.2, -0.15) is 0 Å². The molecule has 0 radical (unpaired) electrons. The molecule has 1 rings (SSSR count). The first kappa shape index (κ1) is 13.0. The van der Waals surface area contributed by atoms with Crippen molar-refractivity contribution >= 4 is 6.21 Å². The van der Waals surface area contributed by atoms with Crippen LogP contribution in [0.25, 0.3) is 0 Å². The van der Waals surface area contributed by atoms with Gasteiger partial charge in [0.2, 0.25) is 0 Å². The quantitative estimate of drug-likeness (QED) is 0.658. The van der Waals surface area contributed by atoms with E-state index in [4.69, 9.17) is 0 Å². The number of nitrogens with zero attached hydrogens (tertiary/aromatic N) is 1. The third-order valence-corrected chi connectivity index (χ3v) is 2.52. The molecule has 0 atom stereocenters. The number of hydrogen-bond donors (Lipinski definition) is 0. The molecule has 1 aromatic carbocycles. The van der Waals surface area contributed by atoms with Gasteiger partial charge >= 0.3 is 0 Å². The van der Waals surface area contributed by atoms with Crippen LogP contribution in [0.5, 0.6) is 0 Å². The van der Waals surface area contributed by atoms with Crippen LogP contribution in [-0.2, 0) is 6.42 Å². The molecule has 0 aliphatic carbocycles. The number of hydrogen-bond acceptors (Lipinski definition) is 1. The molecule has 0 saturated carbocycles. The van der Waals surface area contributed by atoms with Gasteiger partial charge in [-0.3, -0.25) is 4.99 Å². The number of benzene rings is 1. The lowest BCUT2D eigenvalue weighted by Crippen LogP contribution is -2.06. The first-order valence-corrected chi connectivity index (χ1v) is 6.10. The van der Waals surface area contributed by atoms with Crippen LogP contribution >= 0.6 is 0 Å². The Labute approximate surface area is 99.6 Å². The standard InChI is InChI=1S/C15H23N/c1-15(2,3)11-13-16-12-7-10-14-8-5-4-6-9-14/h4-6,8-9,12H,7,10-11,13H2,1-3H3. The zero-order valence-electron chi connectivity index (χ0n) is 10.7. The van der Waals surface area contributed by atoms with Crippen LogP contribution in [0.3, 0.4) is 0 Å². The van der Waals surface area contributed by atoms with E-state index in [1.807, 2.05) is 0 Å². The third-order valence-electron chi connectivity index (χ3n) is 2.52. The van der Waals surface area contributed by atoms with Crippen molar-refractivity contribution in [3.8, 4) is 0 Å². The SMILES string of the molecule is CC(C)(C)CCN=CCCc1ccccc1. The summed E-state index contributed by atoms with van der Waals surface area (Å²) in [5.74, 6) is 0. The summed E-state index contributed by atoms with van der Waals surface area (Å²) < 4.78 is 0. The molecule has 0 aliphatic rings. The normalized spacial score (nSPS) is 12.2. The van der Waals surface area contributed by atoms with Crippen LogP contribution < -0.4 is 0 Å². The van der Waals surface area contributed by atoms with Gasteiger partial charge in [0.05, 0.1) is 0 Å². The second kappa shape index (κ2) is 6.47. The van der Waals surface area contributed by atoms with E-state index in [-0.39, 0.29) is 0 Å². The maximum atomic E-state index is 4.45. The Morgan fingerprint density at radius 2 is 1.81 bits per heavy atom. The van der Waals surface area contributed by atoms with Crippen molar-refractivity contribution in [2.45, 2.75) is 40.0 Å². The van der Waals surface area contributed by atoms with E-state index in [1.54, 1.807) is 0 Å². The van der Waals surface area contributed by atoms with Crippen LogP contribution in [0.4, 0.5) is 0 Å². The summed E-state index contributed by atoms with van der Waals surface area (Å²) in [6.07, 6.45) is 5.38. The zero-order valence-corrected chi connectivity index (χ0v) is 10.7. The Bertz CT molecular complexity index is 306. The molecule has 0 aromatic heterocycles. The molecule has 0 heterocycles. The van der Waals surface area contributed by atoms with Crippen molar-refractivity contribution < 1.29 is 0 Å². The van der Waals surface area contributed by atoms with Gasteiger partial charge in [-0.15, -0.1) is 0 Å². The topological polar surface area (TPSA) is 12.4 Å². The highest BCUT2D eigenvalue weighted by Crippen LogP contribution is 2.17. The number of rotatable bonds is 5. The largest absolute Gasteiger partial charge is 0.298 e. The Hall–Kier alpha value is -1.11. The zero-order chi connectivity index (χ0) is 11.9. The van der Waals surface area contributed by atoms with Crippen LogP contribution in [0.15, 0.2) is 35.3 Å². The second-order valence-corrected chi connectivity index (χ2v) is 5.42. The van der Waals surface area contributed by atoms with Gasteiger partial charge < -0.3 is 0 Å². The summed E-state index contributed by atoms with van der Waals surface area (Å²) >= 11 is 0. The molecule has 0 fully saturated rings. The Morgan fingerprint density at radius 3 is 2.44 bits per heavy atom. The van der Waals surface area contributed by atoms with Gasteiger partial charge in [0, 0.05) is 6.54 Å². The summed E-state index contributed by atoms with van der Waals surface area (Å²) in [6, 6.07) is 10.6. The Morgan fingerprint density at radius 1 is 1.12 bits per heavy atom. The molecule has 0 unspecified atom stereocenters. The van der Waals surface area contributed by atoms with Crippen molar-refractivity contribution in [2.75, 3.05) is 6.54 Å². The van der Waals surface area contributed by atoms with Gasteiger partial charge in [0.15, 0.2) is 0 Å². The van der Waals surface area contributed by atoms with E-state index in [0.29, 0.717) is 5.41 Å². The van der Waals surface area contributed by atoms with Gasteiger partial charge in [-0.05, 0) is 36.5 Å². The first-order valence-electron chi connectivity index (χ1n) is 6.10. The lowest BCUT2D eigenvalue weighted by atomic mass is 9.92. The fraction of sp³-hybridized carbons (Fsp3) is 0.533. The lowest BCUT2D eigenvalue weighted by Gasteiger charge is -2.15. The van der Waals surface area contributed by atoms with E-state index in [2.05, 4.69) is 62.3 Å². The minimum absolute atomic E-state index is 0.400. The number of aryl methyl sites for hydroxylation is 1. The van der Waals surface area contributed by atoms with Crippen molar-refractivity contribution in [1.82, 2.24) is 0 Å². The lowest BCUT2D eigenvalue weighted by molar-refractivity contribution is 0.385. The minimum atomic E-state index is 0.400. The Kier molecular flexibility index (Phi) is 5.24. The van der Waals surface area contributed by atoms with E-state index in [0.717, 1.165) is 25.8 Å². The fourth-order valence-corrected chi connectivity index (χ4v) is 1.46. The summed E-state index contributed by atoms with van der Waals surface area (Å²) in [6.45, 7) is 7.73. The highest BCUT2D eigenvalue weighted by atomic mass is 14.7. The maximum absolute atomic E-state index is 4.45. The second-order valence-electron chi connectivity index (χ2n) is 5.42. The van der Waals surface area contributed by atoms with Gasteiger partial charge in [-0.1, -0.05) is 51.1 Å². The van der Waals surface area contributed by atoms with Crippen molar-refractivity contribution in [2.24, 2.45) is 10.4 Å². The molecular formula is C15H23N. The molecule has 0 amide bonds. The maximum Gasteiger partial charge on any atom is 0.0390 e. The number of aliphatic imine (C=N–C) groups is 1. The summed E-state index contributed by atoms with van der Waals surface area (Å²) in [7, 11) is 0. The molecule has 16 heavy (non-hydrogen) atoms. The van der Waals surface area contributed by atoms with Gasteiger partial charge in [0.1, 0.15) is 0 Å². The fourth-order valence-electron chi connectivity index (χ4n) is 1.46. The van der Waals surface area contributed by atoms with E-state index in [9.17, 15) is 0 Å². The predicted octanol–water partition coefficient (Wildman–Crippen LogP) is 4.13. The molecule has 0 bridgehead atoms. The van der Waals surface area contributed by atoms with E-state index in [1.165, 1.54) is 5.56 Å². The average Bonchev–Trinajstić information content (AvgIpc) is 2.23. The monoisotopic (exact) mass is 217 g/mol. The summed E-state index contributed by atoms with van der Waals surface area (Å²) in [5, 5.41) is 0. The van der Waals surface area contributed by atoms with Crippen LogP contribution in [0.2, 0.25) is 0 Å². The molecule has 0 aliphatic heterocycles. The van der Waals surface area contributed by atoms with Crippen molar-refractivity contribution in [3.63, 3.8) is 0 Å². The minimum Gasteiger partial charge on any atom is -0.298 e. The van der Waals surface area contributed by atoms with Crippen molar-refractivity contribution in [1.29, 1.82) is 0 Å². The van der Waals surface area contributed by atoms with Gasteiger partial charge in [0.25, 0.3) is 0 Å². The third kappa shape index (κ3) is 6.39. The van der Waals surface area contributed by atoms with Crippen LogP contribution in [0, 0.1) is 5.41 Å². The molecule has 1 heteroatoms. The first-order chi connectivity index (χ1) is 7.58. The Balaban J connectivity index is 2.14. The van der Waals surface area contributed by atoms with Gasteiger partial charge in [-0.25, -0.2) is 0 Å². The van der Waals surface area contributed by atoms with E-state index < -0.39 is 0 Å². The van der Waals surface area contributed by atoms with E-state index >= 15 is 0 Å². The molecule has 1 nitrogen and oxygen atoms in total. The molecule has 0 spiro atoms. The molecule has 0 saturated heterocycles. The van der Waals surface area contributed by atoms with Crippen LogP contribution in [-0.4, -0.2) is 12.8 Å². The molecular weight excluding hydrogens is 194 g/mol. The molecule has 1 aromatic rings. The highest BCUT2D eigenvalue weighted by Gasteiger charge is 2.07. The molecule has 88 valence electrons. The van der Waals surface area contributed by atoms with Crippen molar-refractivity contribution in [3.05, 3.63) is 35.9 Å². The molecule has 0 N–H and O–H groups in total.